The molecule has 0 aliphatic heterocycles. The lowest BCUT2D eigenvalue weighted by Crippen LogP contribution is -2.54. The molecule has 22 heavy (non-hydrogen) atoms. The van der Waals surface area contributed by atoms with Gasteiger partial charge >= 0.3 is 13.8 Å². The van der Waals surface area contributed by atoms with Crippen LogP contribution in [0.15, 0.2) is 12.2 Å². The van der Waals surface area contributed by atoms with Crippen LogP contribution in [-0.2, 0) is 18.6 Å². The van der Waals surface area contributed by atoms with Crippen molar-refractivity contribution in [1.82, 2.24) is 0 Å². The van der Waals surface area contributed by atoms with Gasteiger partial charge in [-0.2, -0.15) is 0 Å². The number of ether oxygens (including phenoxy) is 1. The molecule has 0 spiro atoms. The molecule has 5 N–H and O–H groups in total. The molecule has 0 rings (SSSR count). The Morgan fingerprint density at radius 1 is 1.23 bits per heavy atom. The largest absolute Gasteiger partial charge is 0.470 e. The van der Waals surface area contributed by atoms with E-state index in [9.17, 15) is 24.7 Å². The van der Waals surface area contributed by atoms with Gasteiger partial charge in [0, 0.05) is 12.0 Å². The summed E-state index contributed by atoms with van der Waals surface area (Å²) in [5.74, 6) is -0.665. The topological polar surface area (TPSA) is 154 Å². The molecule has 0 aromatic heterocycles. The summed E-state index contributed by atoms with van der Waals surface area (Å²) < 4.78 is 19.6. The summed E-state index contributed by atoms with van der Waals surface area (Å²) in [4.78, 5) is 29.0. The molecule has 130 valence electrons. The Hall–Kier alpha value is -0.840. The molecule has 1 atom stereocenters. The predicted octanol–water partition coefficient (Wildman–Crippen LogP) is -1.36. The first-order chi connectivity index (χ1) is 10.1. The average Bonchev–Trinajstić information content (AvgIpc) is 2.42. The van der Waals surface area contributed by atoms with Gasteiger partial charge in [-0.25, -0.2) is 9.36 Å². The summed E-state index contributed by atoms with van der Waals surface area (Å²) in [6, 6.07) is 0. The number of phosphoric ester groups is 1. The molecule has 0 saturated heterocycles. The lowest BCUT2D eigenvalue weighted by molar-refractivity contribution is -0.978. The SMILES string of the molecule is C=C(C)C(=O)OCCC(C[N+](CO)(CO)CO)OP(=O)(O)O. The minimum atomic E-state index is -4.84. The number of quaternary nitrogens is 1. The van der Waals surface area contributed by atoms with Crippen LogP contribution in [0.4, 0.5) is 0 Å². The molecule has 0 bridgehead atoms. The lowest BCUT2D eigenvalue weighted by atomic mass is 10.2. The second kappa shape index (κ2) is 9.33. The molecule has 0 aliphatic carbocycles. The van der Waals surface area contributed by atoms with Gasteiger partial charge in [0.2, 0.25) is 0 Å². The Balaban J connectivity index is 4.79. The summed E-state index contributed by atoms with van der Waals surface area (Å²) in [5.41, 5.74) is 0.165. The summed E-state index contributed by atoms with van der Waals surface area (Å²) in [6.07, 6.45) is -1.27. The molecule has 0 radical (unpaired) electrons. The number of phosphoric acid groups is 1. The lowest BCUT2D eigenvalue weighted by Gasteiger charge is -2.34. The quantitative estimate of drug-likeness (QED) is 0.100. The van der Waals surface area contributed by atoms with E-state index in [-0.39, 0.29) is 25.1 Å². The highest BCUT2D eigenvalue weighted by molar-refractivity contribution is 7.46. The van der Waals surface area contributed by atoms with Crippen molar-refractivity contribution in [2.75, 3.05) is 33.3 Å². The van der Waals surface area contributed by atoms with Crippen LogP contribution in [0.1, 0.15) is 13.3 Å². The zero-order valence-electron chi connectivity index (χ0n) is 12.3. The first-order valence-electron chi connectivity index (χ1n) is 6.33. The van der Waals surface area contributed by atoms with Gasteiger partial charge in [-0.1, -0.05) is 6.58 Å². The summed E-state index contributed by atoms with van der Waals surface area (Å²) in [7, 11) is -4.84. The molecule has 0 fully saturated rings. The third-order valence-corrected chi connectivity index (χ3v) is 3.37. The van der Waals surface area contributed by atoms with Gasteiger partial charge < -0.3 is 29.8 Å². The van der Waals surface area contributed by atoms with E-state index < -0.39 is 44.6 Å². The van der Waals surface area contributed by atoms with Crippen LogP contribution in [0.2, 0.25) is 0 Å². The number of hydrogen-bond donors (Lipinski definition) is 5. The fourth-order valence-corrected chi connectivity index (χ4v) is 2.08. The van der Waals surface area contributed by atoms with E-state index in [2.05, 4.69) is 11.1 Å². The highest BCUT2D eigenvalue weighted by atomic mass is 31.2. The van der Waals surface area contributed by atoms with Crippen molar-refractivity contribution in [3.05, 3.63) is 12.2 Å². The van der Waals surface area contributed by atoms with E-state index in [0.29, 0.717) is 0 Å². The number of esters is 1. The minimum absolute atomic E-state index is 0.107. The van der Waals surface area contributed by atoms with E-state index >= 15 is 0 Å². The number of carbonyl (C=O) groups is 1. The molecule has 0 aromatic carbocycles. The smallest absolute Gasteiger partial charge is 0.462 e. The fourth-order valence-electron chi connectivity index (χ4n) is 1.52. The summed E-state index contributed by atoms with van der Waals surface area (Å²) >= 11 is 0. The van der Waals surface area contributed by atoms with Gasteiger partial charge in [0.1, 0.15) is 12.6 Å². The molecule has 10 nitrogen and oxygen atoms in total. The van der Waals surface area contributed by atoms with E-state index in [1.807, 2.05) is 0 Å². The molecule has 0 amide bonds. The van der Waals surface area contributed by atoms with Gasteiger partial charge in [-0.05, 0) is 6.92 Å². The standard InChI is InChI=1S/C11H22NO9P/c1-9(2)11(16)20-4-3-10(21-22(17,18)19)5-12(6-13,7-14)8-15/h10,13-15H,1,3-8H2,2H3,(H-,17,18,19)/p+1. The van der Waals surface area contributed by atoms with E-state index in [1.54, 1.807) is 0 Å². The first kappa shape index (κ1) is 21.2. The van der Waals surface area contributed by atoms with Crippen LogP contribution in [0.25, 0.3) is 0 Å². The second-order valence-electron chi connectivity index (χ2n) is 4.87. The Labute approximate surface area is 128 Å². The van der Waals surface area contributed by atoms with E-state index in [1.165, 1.54) is 6.92 Å². The van der Waals surface area contributed by atoms with Gasteiger partial charge in [0.15, 0.2) is 20.2 Å². The molecule has 11 heteroatoms. The number of hydrogen-bond acceptors (Lipinski definition) is 7. The third-order valence-electron chi connectivity index (χ3n) is 2.80. The van der Waals surface area contributed by atoms with Crippen LogP contribution in [0.5, 0.6) is 0 Å². The first-order valence-corrected chi connectivity index (χ1v) is 7.86. The molecular formula is C11H23NO9P+. The van der Waals surface area contributed by atoms with Gasteiger partial charge in [0.05, 0.1) is 6.61 Å². The van der Waals surface area contributed by atoms with Crippen LogP contribution >= 0.6 is 7.82 Å². The molecule has 0 aromatic rings. The predicted molar refractivity (Wildman–Crippen MR) is 73.7 cm³/mol. The van der Waals surface area contributed by atoms with Crippen molar-refractivity contribution >= 4 is 13.8 Å². The van der Waals surface area contributed by atoms with Crippen molar-refractivity contribution in [1.29, 1.82) is 0 Å². The van der Waals surface area contributed by atoms with Crippen LogP contribution in [0.3, 0.4) is 0 Å². The Morgan fingerprint density at radius 3 is 2.09 bits per heavy atom. The molecular weight excluding hydrogens is 321 g/mol. The Morgan fingerprint density at radius 2 is 1.73 bits per heavy atom. The van der Waals surface area contributed by atoms with E-state index in [4.69, 9.17) is 14.5 Å². The van der Waals surface area contributed by atoms with Crippen LogP contribution in [-0.4, -0.2) is 75.0 Å². The summed E-state index contributed by atoms with van der Waals surface area (Å²) in [6.45, 7) is 2.32. The Kier molecular flexibility index (Phi) is 8.98. The van der Waals surface area contributed by atoms with Crippen molar-refractivity contribution in [3.63, 3.8) is 0 Å². The van der Waals surface area contributed by atoms with Gasteiger partial charge in [0.25, 0.3) is 0 Å². The monoisotopic (exact) mass is 344 g/mol. The number of nitrogens with zero attached hydrogens (tertiary/aromatic N) is 1. The van der Waals surface area contributed by atoms with Crippen molar-refractivity contribution in [3.8, 4) is 0 Å². The fraction of sp³-hybridized carbons (Fsp3) is 0.727. The minimum Gasteiger partial charge on any atom is -0.462 e. The highest BCUT2D eigenvalue weighted by Gasteiger charge is 2.33. The van der Waals surface area contributed by atoms with Crippen molar-refractivity contribution < 1.29 is 48.2 Å². The zero-order chi connectivity index (χ0) is 17.4. The van der Waals surface area contributed by atoms with Crippen molar-refractivity contribution in [2.24, 2.45) is 0 Å². The summed E-state index contributed by atoms with van der Waals surface area (Å²) in [5, 5.41) is 27.6. The normalized spacial score (nSPS) is 13.7. The van der Waals surface area contributed by atoms with Crippen LogP contribution < -0.4 is 0 Å². The maximum absolute atomic E-state index is 11.2. The second-order valence-corrected chi connectivity index (χ2v) is 6.06. The van der Waals surface area contributed by atoms with Crippen molar-refractivity contribution in [2.45, 2.75) is 19.4 Å². The van der Waals surface area contributed by atoms with Gasteiger partial charge in [-0.15, -0.1) is 0 Å². The molecule has 0 saturated carbocycles. The number of carbonyl (C=O) groups excluding carboxylic acids is 1. The third kappa shape index (κ3) is 7.97. The number of aliphatic hydroxyl groups is 3. The maximum atomic E-state index is 11.2. The average molecular weight is 344 g/mol. The molecule has 1 unspecified atom stereocenters. The number of aliphatic hydroxyl groups excluding tert-OH is 3. The Bertz CT molecular complexity index is 410. The molecule has 0 heterocycles. The zero-order valence-corrected chi connectivity index (χ0v) is 13.2. The highest BCUT2D eigenvalue weighted by Crippen LogP contribution is 2.38. The maximum Gasteiger partial charge on any atom is 0.470 e. The van der Waals surface area contributed by atoms with Crippen LogP contribution in [0, 0.1) is 0 Å². The molecule has 0 aliphatic rings. The van der Waals surface area contributed by atoms with E-state index in [0.717, 1.165) is 0 Å². The van der Waals surface area contributed by atoms with Gasteiger partial charge in [-0.3, -0.25) is 9.01 Å². The number of rotatable bonds is 11.